The normalized spacial score (nSPS) is 15.9. The van der Waals surface area contributed by atoms with Crippen LogP contribution in [0.5, 0.6) is 0 Å². The van der Waals surface area contributed by atoms with E-state index < -0.39 is 0 Å². The summed E-state index contributed by atoms with van der Waals surface area (Å²) in [7, 11) is 0. The minimum Gasteiger partial charge on any atom is -0.325 e. The minimum atomic E-state index is -0.266. The number of hydrogen-bond acceptors (Lipinski definition) is 2. The molecular formula is C12H15NOS. The molecule has 3 heteroatoms. The van der Waals surface area contributed by atoms with E-state index in [-0.39, 0.29) is 11.2 Å². The average Bonchev–Trinajstić information content (AvgIpc) is 2.64. The lowest BCUT2D eigenvalue weighted by Crippen LogP contribution is -2.20. The molecule has 2 rings (SSSR count). The van der Waals surface area contributed by atoms with Crippen LogP contribution in [-0.2, 0) is 17.6 Å². The Hall–Kier alpha value is -0.960. The van der Waals surface area contributed by atoms with Crippen LogP contribution in [0.4, 0.5) is 5.69 Å². The maximum atomic E-state index is 11.4. The van der Waals surface area contributed by atoms with E-state index >= 15 is 0 Å². The van der Waals surface area contributed by atoms with Gasteiger partial charge in [0.05, 0.1) is 5.25 Å². The number of rotatable bonds is 2. The van der Waals surface area contributed by atoms with Crippen LogP contribution in [0.2, 0.25) is 0 Å². The number of hydrogen-bond donors (Lipinski definition) is 2. The van der Waals surface area contributed by atoms with Gasteiger partial charge in [-0.25, -0.2) is 0 Å². The molecule has 1 aliphatic carbocycles. The zero-order valence-electron chi connectivity index (χ0n) is 8.79. The number of nitrogens with one attached hydrogen (secondary N) is 1. The number of carbonyl (C=O) groups excluding carboxylic acids is 1. The molecule has 0 spiro atoms. The highest BCUT2D eigenvalue weighted by Crippen LogP contribution is 2.24. The van der Waals surface area contributed by atoms with Crippen LogP contribution >= 0.6 is 12.6 Å². The Labute approximate surface area is 95.5 Å². The molecule has 15 heavy (non-hydrogen) atoms. The van der Waals surface area contributed by atoms with Crippen molar-refractivity contribution in [3.63, 3.8) is 0 Å². The molecule has 0 bridgehead atoms. The van der Waals surface area contributed by atoms with Gasteiger partial charge in [0.1, 0.15) is 0 Å². The molecule has 0 aliphatic heterocycles. The average molecular weight is 221 g/mol. The zero-order valence-corrected chi connectivity index (χ0v) is 9.68. The van der Waals surface area contributed by atoms with Gasteiger partial charge in [-0.15, -0.1) is 0 Å². The topological polar surface area (TPSA) is 29.1 Å². The zero-order chi connectivity index (χ0) is 10.8. The fraction of sp³-hybridized carbons (Fsp3) is 0.417. The third kappa shape index (κ3) is 2.34. The molecule has 0 saturated heterocycles. The standard InChI is InChI=1S/C12H15NOS/c1-8(15)12(14)13-11-6-5-9-3-2-4-10(9)7-11/h5-8,15H,2-4H2,1H3,(H,13,14). The number of thiol groups is 1. The van der Waals surface area contributed by atoms with Crippen molar-refractivity contribution in [2.75, 3.05) is 5.32 Å². The third-order valence-electron chi connectivity index (χ3n) is 2.75. The van der Waals surface area contributed by atoms with Crippen molar-refractivity contribution in [1.29, 1.82) is 0 Å². The fourth-order valence-electron chi connectivity index (χ4n) is 1.90. The summed E-state index contributed by atoms with van der Waals surface area (Å²) in [6, 6.07) is 6.16. The van der Waals surface area contributed by atoms with Crippen molar-refractivity contribution in [3.8, 4) is 0 Å². The molecular weight excluding hydrogens is 206 g/mol. The van der Waals surface area contributed by atoms with Gasteiger partial charge in [-0.2, -0.15) is 12.6 Å². The highest BCUT2D eigenvalue weighted by molar-refractivity contribution is 7.81. The predicted molar refractivity (Wildman–Crippen MR) is 65.5 cm³/mol. The van der Waals surface area contributed by atoms with Gasteiger partial charge in [0.15, 0.2) is 0 Å². The van der Waals surface area contributed by atoms with Crippen LogP contribution in [0.25, 0.3) is 0 Å². The molecule has 0 saturated carbocycles. The van der Waals surface area contributed by atoms with Crippen molar-refractivity contribution in [1.82, 2.24) is 0 Å². The number of amides is 1. The van der Waals surface area contributed by atoms with Gasteiger partial charge in [0.25, 0.3) is 0 Å². The first-order valence-corrected chi connectivity index (χ1v) is 5.79. The first kappa shape index (κ1) is 10.6. The fourth-order valence-corrected chi connectivity index (χ4v) is 1.96. The highest BCUT2D eigenvalue weighted by Gasteiger charge is 2.12. The molecule has 0 aromatic heterocycles. The van der Waals surface area contributed by atoms with Gasteiger partial charge in [0.2, 0.25) is 5.91 Å². The van der Waals surface area contributed by atoms with E-state index in [9.17, 15) is 4.79 Å². The molecule has 2 nitrogen and oxygen atoms in total. The molecule has 0 fully saturated rings. The third-order valence-corrected chi connectivity index (χ3v) is 2.98. The minimum absolute atomic E-state index is 0.0451. The summed E-state index contributed by atoms with van der Waals surface area (Å²) in [6.45, 7) is 1.77. The summed E-state index contributed by atoms with van der Waals surface area (Å²) in [5.74, 6) is -0.0451. The van der Waals surface area contributed by atoms with Crippen molar-refractivity contribution in [2.45, 2.75) is 31.4 Å². The van der Waals surface area contributed by atoms with Crippen LogP contribution < -0.4 is 5.32 Å². The molecule has 1 atom stereocenters. The Morgan fingerprint density at radius 1 is 1.40 bits per heavy atom. The van der Waals surface area contributed by atoms with Crippen molar-refractivity contribution >= 4 is 24.2 Å². The summed E-state index contributed by atoms with van der Waals surface area (Å²) in [5, 5.41) is 2.59. The second-order valence-electron chi connectivity index (χ2n) is 4.00. The van der Waals surface area contributed by atoms with Crippen LogP contribution in [0.1, 0.15) is 24.5 Å². The first-order valence-electron chi connectivity index (χ1n) is 5.27. The molecule has 1 amide bonds. The Balaban J connectivity index is 2.13. The Morgan fingerprint density at radius 3 is 2.87 bits per heavy atom. The second kappa shape index (κ2) is 4.27. The largest absolute Gasteiger partial charge is 0.325 e. The molecule has 1 aromatic carbocycles. The monoisotopic (exact) mass is 221 g/mol. The first-order chi connectivity index (χ1) is 7.16. The van der Waals surface area contributed by atoms with Gasteiger partial charge in [-0.05, 0) is 49.4 Å². The van der Waals surface area contributed by atoms with Crippen LogP contribution in [0.3, 0.4) is 0 Å². The van der Waals surface area contributed by atoms with E-state index in [0.717, 1.165) is 12.1 Å². The maximum Gasteiger partial charge on any atom is 0.236 e. The summed E-state index contributed by atoms with van der Waals surface area (Å²) >= 11 is 4.09. The predicted octanol–water partition coefficient (Wildman–Crippen LogP) is 2.43. The summed E-state index contributed by atoms with van der Waals surface area (Å²) in [6.07, 6.45) is 3.54. The highest BCUT2D eigenvalue weighted by atomic mass is 32.1. The Kier molecular flexibility index (Phi) is 3.00. The molecule has 80 valence electrons. The number of carbonyl (C=O) groups is 1. The molecule has 1 aromatic rings. The lowest BCUT2D eigenvalue weighted by atomic mass is 10.1. The quantitative estimate of drug-likeness (QED) is 0.738. The maximum absolute atomic E-state index is 11.4. The summed E-state index contributed by atoms with van der Waals surface area (Å²) in [4.78, 5) is 11.4. The van der Waals surface area contributed by atoms with Crippen LogP contribution in [-0.4, -0.2) is 11.2 Å². The number of aryl methyl sites for hydroxylation is 2. The van der Waals surface area contributed by atoms with E-state index in [4.69, 9.17) is 0 Å². The molecule has 1 aliphatic rings. The SMILES string of the molecule is CC(S)C(=O)Nc1ccc2c(c1)CCC2. The van der Waals surface area contributed by atoms with E-state index in [0.29, 0.717) is 0 Å². The van der Waals surface area contributed by atoms with E-state index in [1.807, 2.05) is 6.07 Å². The molecule has 0 heterocycles. The van der Waals surface area contributed by atoms with Crippen molar-refractivity contribution in [2.24, 2.45) is 0 Å². The van der Waals surface area contributed by atoms with Gasteiger partial charge >= 0.3 is 0 Å². The lowest BCUT2D eigenvalue weighted by molar-refractivity contribution is -0.115. The van der Waals surface area contributed by atoms with Gasteiger partial charge in [-0.1, -0.05) is 6.07 Å². The van der Waals surface area contributed by atoms with E-state index in [1.54, 1.807) is 6.92 Å². The van der Waals surface area contributed by atoms with Crippen LogP contribution in [0, 0.1) is 0 Å². The molecule has 1 N–H and O–H groups in total. The second-order valence-corrected chi connectivity index (χ2v) is 4.78. The summed E-state index contributed by atoms with van der Waals surface area (Å²) in [5.41, 5.74) is 3.69. The van der Waals surface area contributed by atoms with Crippen molar-refractivity contribution < 1.29 is 4.79 Å². The van der Waals surface area contributed by atoms with Crippen molar-refractivity contribution in [3.05, 3.63) is 29.3 Å². The smallest absolute Gasteiger partial charge is 0.236 e. The summed E-state index contributed by atoms with van der Waals surface area (Å²) < 4.78 is 0. The Bertz CT molecular complexity index is 387. The van der Waals surface area contributed by atoms with Gasteiger partial charge < -0.3 is 5.32 Å². The lowest BCUT2D eigenvalue weighted by Gasteiger charge is -2.08. The van der Waals surface area contributed by atoms with Gasteiger partial charge in [-0.3, -0.25) is 4.79 Å². The van der Waals surface area contributed by atoms with E-state index in [1.165, 1.54) is 24.0 Å². The number of fused-ring (bicyclic) bond motifs is 1. The molecule has 1 unspecified atom stereocenters. The van der Waals surface area contributed by atoms with E-state index in [2.05, 4.69) is 30.1 Å². The van der Waals surface area contributed by atoms with Gasteiger partial charge in [0, 0.05) is 5.69 Å². The number of anilines is 1. The van der Waals surface area contributed by atoms with Crippen LogP contribution in [0.15, 0.2) is 18.2 Å². The molecule has 0 radical (unpaired) electrons. The number of benzene rings is 1. The Morgan fingerprint density at radius 2 is 2.13 bits per heavy atom.